The molecule has 23 heavy (non-hydrogen) atoms. The predicted molar refractivity (Wildman–Crippen MR) is 95.6 cm³/mol. The Morgan fingerprint density at radius 3 is 2.74 bits per heavy atom. The van der Waals surface area contributed by atoms with Gasteiger partial charge in [-0.3, -0.25) is 0 Å². The van der Waals surface area contributed by atoms with Crippen LogP contribution in [0.15, 0.2) is 41.7 Å². The summed E-state index contributed by atoms with van der Waals surface area (Å²) in [6, 6.07) is 8.09. The van der Waals surface area contributed by atoms with Crippen LogP contribution in [0.25, 0.3) is 17.2 Å². The number of para-hydroxylation sites is 1. The lowest BCUT2D eigenvalue weighted by atomic mass is 9.86. The third-order valence-electron chi connectivity index (χ3n) is 4.42. The van der Waals surface area contributed by atoms with Crippen LogP contribution in [0, 0.1) is 5.41 Å². The lowest BCUT2D eigenvalue weighted by molar-refractivity contribution is 0.460. The molecule has 0 N–H and O–H groups in total. The number of hydrogen-bond donors (Lipinski definition) is 0. The van der Waals surface area contributed by atoms with E-state index >= 15 is 0 Å². The van der Waals surface area contributed by atoms with Gasteiger partial charge < -0.3 is 4.90 Å². The molecule has 0 bridgehead atoms. The molecular weight excluding hydrogens is 284 g/mol. The van der Waals surface area contributed by atoms with Crippen molar-refractivity contribution in [3.63, 3.8) is 0 Å². The zero-order chi connectivity index (χ0) is 16.4. The second-order valence-electron chi connectivity index (χ2n) is 7.27. The van der Waals surface area contributed by atoms with Crippen molar-refractivity contribution < 1.29 is 0 Å². The Balaban J connectivity index is 1.93. The third-order valence-corrected chi connectivity index (χ3v) is 4.42. The standard InChI is InChI=1S/C19H26N4/c1-5-6-11-22-13-15(19(2,3)4)12-16(22)14-23-18-10-8-7-9-17(18)20-21-23/h7-10,13-14H,5-6,11-12H2,1-4H3. The van der Waals surface area contributed by atoms with E-state index in [1.54, 1.807) is 0 Å². The number of nitrogens with zero attached hydrogens (tertiary/aromatic N) is 4. The van der Waals surface area contributed by atoms with Crippen LogP contribution < -0.4 is 0 Å². The van der Waals surface area contributed by atoms with Gasteiger partial charge in [-0.05, 0) is 29.5 Å². The molecule has 1 aliphatic heterocycles. The Labute approximate surface area is 138 Å². The molecule has 0 radical (unpaired) electrons. The highest BCUT2D eigenvalue weighted by molar-refractivity contribution is 5.76. The minimum Gasteiger partial charge on any atom is -0.350 e. The molecule has 0 unspecified atom stereocenters. The van der Waals surface area contributed by atoms with E-state index in [-0.39, 0.29) is 5.41 Å². The molecule has 1 aromatic carbocycles. The van der Waals surface area contributed by atoms with Gasteiger partial charge in [0.15, 0.2) is 0 Å². The SMILES string of the molecule is CCCCN1C=C(C(C)(C)C)CC1=Cn1nnc2ccccc21. The van der Waals surface area contributed by atoms with E-state index in [4.69, 9.17) is 0 Å². The van der Waals surface area contributed by atoms with Gasteiger partial charge in [0.25, 0.3) is 0 Å². The number of rotatable bonds is 4. The van der Waals surface area contributed by atoms with E-state index in [2.05, 4.69) is 61.4 Å². The summed E-state index contributed by atoms with van der Waals surface area (Å²) >= 11 is 0. The number of hydrogen-bond acceptors (Lipinski definition) is 3. The predicted octanol–water partition coefficient (Wildman–Crippen LogP) is 4.67. The summed E-state index contributed by atoms with van der Waals surface area (Å²) in [6.45, 7) is 10.1. The number of fused-ring (bicyclic) bond motifs is 1. The fraction of sp³-hybridized carbons (Fsp3) is 0.474. The molecule has 0 spiro atoms. The van der Waals surface area contributed by atoms with E-state index < -0.39 is 0 Å². The van der Waals surface area contributed by atoms with Crippen LogP contribution in [0.5, 0.6) is 0 Å². The van der Waals surface area contributed by atoms with Crippen LogP contribution >= 0.6 is 0 Å². The third kappa shape index (κ3) is 3.31. The van der Waals surface area contributed by atoms with Crippen LogP contribution in [0.1, 0.15) is 47.0 Å². The molecule has 1 aromatic heterocycles. The van der Waals surface area contributed by atoms with Crippen molar-refractivity contribution in [2.75, 3.05) is 6.54 Å². The summed E-state index contributed by atoms with van der Waals surface area (Å²) in [4.78, 5) is 2.39. The van der Waals surface area contributed by atoms with E-state index in [9.17, 15) is 0 Å². The molecule has 0 amide bonds. The van der Waals surface area contributed by atoms with Gasteiger partial charge in [0.1, 0.15) is 5.52 Å². The number of benzene rings is 1. The number of allylic oxidation sites excluding steroid dienone is 1. The summed E-state index contributed by atoms with van der Waals surface area (Å²) in [7, 11) is 0. The quantitative estimate of drug-likeness (QED) is 0.823. The van der Waals surface area contributed by atoms with Crippen molar-refractivity contribution in [3.8, 4) is 0 Å². The van der Waals surface area contributed by atoms with Crippen LogP contribution in [0.2, 0.25) is 0 Å². The molecule has 0 saturated carbocycles. The summed E-state index contributed by atoms with van der Waals surface area (Å²) in [5.74, 6) is 0. The van der Waals surface area contributed by atoms with Crippen molar-refractivity contribution in [3.05, 3.63) is 41.7 Å². The number of aromatic nitrogens is 3. The second kappa shape index (κ2) is 6.19. The Morgan fingerprint density at radius 1 is 1.22 bits per heavy atom. The highest BCUT2D eigenvalue weighted by atomic mass is 15.4. The summed E-state index contributed by atoms with van der Waals surface area (Å²) < 4.78 is 1.91. The highest BCUT2D eigenvalue weighted by Gasteiger charge is 2.26. The Bertz CT molecular complexity index is 746. The van der Waals surface area contributed by atoms with Gasteiger partial charge in [-0.1, -0.05) is 51.5 Å². The van der Waals surface area contributed by atoms with Crippen LogP contribution in [0.3, 0.4) is 0 Å². The zero-order valence-corrected chi connectivity index (χ0v) is 14.6. The first-order chi connectivity index (χ1) is 11.0. The lowest BCUT2D eigenvalue weighted by Gasteiger charge is -2.18. The molecule has 3 rings (SSSR count). The van der Waals surface area contributed by atoms with Crippen LogP contribution in [-0.2, 0) is 0 Å². The molecule has 4 heteroatoms. The Kier molecular flexibility index (Phi) is 4.24. The maximum absolute atomic E-state index is 4.30. The van der Waals surface area contributed by atoms with Crippen LogP contribution in [0.4, 0.5) is 0 Å². The first kappa shape index (κ1) is 15.8. The topological polar surface area (TPSA) is 34.0 Å². The van der Waals surface area contributed by atoms with Crippen molar-refractivity contribution >= 4 is 17.2 Å². The van der Waals surface area contributed by atoms with E-state index in [1.807, 2.05) is 22.9 Å². The summed E-state index contributed by atoms with van der Waals surface area (Å²) in [6.07, 6.45) is 7.86. The van der Waals surface area contributed by atoms with Crippen molar-refractivity contribution in [1.82, 2.24) is 19.9 Å². The van der Waals surface area contributed by atoms with Gasteiger partial charge in [0.05, 0.1) is 11.7 Å². The minimum absolute atomic E-state index is 0.199. The van der Waals surface area contributed by atoms with E-state index in [1.165, 1.54) is 24.1 Å². The molecular formula is C19H26N4. The molecule has 0 fully saturated rings. The maximum atomic E-state index is 4.30. The molecule has 0 aliphatic carbocycles. The molecule has 4 nitrogen and oxygen atoms in total. The first-order valence-corrected chi connectivity index (χ1v) is 8.47. The first-order valence-electron chi connectivity index (χ1n) is 8.47. The average Bonchev–Trinajstić information content (AvgIpc) is 3.10. The highest BCUT2D eigenvalue weighted by Crippen LogP contribution is 2.37. The van der Waals surface area contributed by atoms with Crippen molar-refractivity contribution in [2.45, 2.75) is 47.0 Å². The largest absolute Gasteiger partial charge is 0.350 e. The smallest absolute Gasteiger partial charge is 0.113 e. The van der Waals surface area contributed by atoms with Gasteiger partial charge in [-0.2, -0.15) is 0 Å². The minimum atomic E-state index is 0.199. The maximum Gasteiger partial charge on any atom is 0.113 e. The van der Waals surface area contributed by atoms with E-state index in [0.717, 1.165) is 24.0 Å². The molecule has 122 valence electrons. The van der Waals surface area contributed by atoms with Gasteiger partial charge in [-0.25, -0.2) is 4.68 Å². The average molecular weight is 310 g/mol. The summed E-state index contributed by atoms with van der Waals surface area (Å²) in [5.41, 5.74) is 4.97. The monoisotopic (exact) mass is 310 g/mol. The molecule has 0 saturated heterocycles. The fourth-order valence-electron chi connectivity index (χ4n) is 2.85. The molecule has 0 atom stereocenters. The van der Waals surface area contributed by atoms with Crippen LogP contribution in [-0.4, -0.2) is 26.4 Å². The zero-order valence-electron chi connectivity index (χ0n) is 14.6. The fourth-order valence-corrected chi connectivity index (χ4v) is 2.85. The normalized spacial score (nSPS) is 17.3. The van der Waals surface area contributed by atoms with E-state index in [0.29, 0.717) is 0 Å². The van der Waals surface area contributed by atoms with Gasteiger partial charge in [0.2, 0.25) is 0 Å². The number of unbranched alkanes of at least 4 members (excludes halogenated alkanes) is 1. The second-order valence-corrected chi connectivity index (χ2v) is 7.27. The summed E-state index contributed by atoms with van der Waals surface area (Å²) in [5, 5.41) is 8.55. The Hall–Kier alpha value is -2.10. The van der Waals surface area contributed by atoms with Gasteiger partial charge in [0, 0.05) is 24.9 Å². The molecule has 1 aliphatic rings. The van der Waals surface area contributed by atoms with Crippen molar-refractivity contribution in [1.29, 1.82) is 0 Å². The van der Waals surface area contributed by atoms with Gasteiger partial charge >= 0.3 is 0 Å². The van der Waals surface area contributed by atoms with Crippen molar-refractivity contribution in [2.24, 2.45) is 5.41 Å². The lowest BCUT2D eigenvalue weighted by Crippen LogP contribution is -2.14. The van der Waals surface area contributed by atoms with Gasteiger partial charge in [-0.15, -0.1) is 5.10 Å². The Morgan fingerprint density at radius 2 is 2.00 bits per heavy atom. The molecule has 2 heterocycles. The molecule has 2 aromatic rings.